The standard InChI is InChI=1S/C14H17N3O3S.ClH/c1-10(18)16-8-12(11-4-2-3-5-13(11)16)14(9-17(19)20)21-7-6-15;/h2-5,8,14H,6-7,9,15H2,1H3;1H/p-1. The van der Waals surface area contributed by atoms with Gasteiger partial charge >= 0.3 is 0 Å². The lowest BCUT2D eigenvalue weighted by molar-refractivity contribution is -0.479. The van der Waals surface area contributed by atoms with Gasteiger partial charge in [-0.05, 0) is 11.6 Å². The fourth-order valence-corrected chi connectivity index (χ4v) is 3.32. The van der Waals surface area contributed by atoms with Gasteiger partial charge in [-0.15, -0.1) is 11.8 Å². The second-order valence-electron chi connectivity index (χ2n) is 4.65. The second-order valence-corrected chi connectivity index (χ2v) is 5.96. The van der Waals surface area contributed by atoms with Crippen molar-refractivity contribution in [2.45, 2.75) is 12.2 Å². The second kappa shape index (κ2) is 8.17. The quantitative estimate of drug-likeness (QED) is 0.554. The van der Waals surface area contributed by atoms with Gasteiger partial charge in [0.25, 0.3) is 0 Å². The lowest BCUT2D eigenvalue weighted by Gasteiger charge is -2.11. The van der Waals surface area contributed by atoms with Crippen LogP contribution >= 0.6 is 11.8 Å². The Bertz CT molecular complexity index is 674. The third-order valence-electron chi connectivity index (χ3n) is 3.18. The third-order valence-corrected chi connectivity index (χ3v) is 4.46. The highest BCUT2D eigenvalue weighted by molar-refractivity contribution is 7.99. The van der Waals surface area contributed by atoms with Crippen molar-refractivity contribution in [1.29, 1.82) is 0 Å². The summed E-state index contributed by atoms with van der Waals surface area (Å²) in [6.45, 7) is 1.76. The summed E-state index contributed by atoms with van der Waals surface area (Å²) in [7, 11) is 0. The van der Waals surface area contributed by atoms with E-state index >= 15 is 0 Å². The number of halogens is 1. The van der Waals surface area contributed by atoms with Gasteiger partial charge in [0.2, 0.25) is 12.5 Å². The van der Waals surface area contributed by atoms with Crippen LogP contribution in [-0.4, -0.2) is 34.2 Å². The van der Waals surface area contributed by atoms with Crippen LogP contribution in [-0.2, 0) is 0 Å². The number of nitrogens with zero attached hydrogens (tertiary/aromatic N) is 2. The number of rotatable bonds is 6. The maximum Gasteiger partial charge on any atom is 0.227 e. The van der Waals surface area contributed by atoms with Crippen molar-refractivity contribution in [3.63, 3.8) is 0 Å². The molecule has 0 radical (unpaired) electrons. The number of nitro groups is 1. The minimum Gasteiger partial charge on any atom is -1.00 e. The number of aromatic nitrogens is 1. The molecular weight excluding hydrogens is 326 g/mol. The van der Waals surface area contributed by atoms with E-state index in [1.54, 1.807) is 10.8 Å². The van der Waals surface area contributed by atoms with Crippen molar-refractivity contribution in [2.75, 3.05) is 18.8 Å². The monoisotopic (exact) mass is 342 g/mol. The minimum atomic E-state index is -0.325. The average Bonchev–Trinajstić information content (AvgIpc) is 2.83. The summed E-state index contributed by atoms with van der Waals surface area (Å²) < 4.78 is 1.54. The summed E-state index contributed by atoms with van der Waals surface area (Å²) >= 11 is 1.45. The Morgan fingerprint density at radius 2 is 2.14 bits per heavy atom. The molecule has 0 aliphatic heterocycles. The van der Waals surface area contributed by atoms with E-state index in [9.17, 15) is 14.9 Å². The maximum absolute atomic E-state index is 11.7. The fraction of sp³-hybridized carbons (Fsp3) is 0.357. The SMILES string of the molecule is CC(=O)n1cc(C(C[N+](=O)[O-])SCCN)c2ccccc21.[Cl-]. The number of hydrogen-bond donors (Lipinski definition) is 1. The molecule has 1 heterocycles. The third kappa shape index (κ3) is 4.00. The van der Waals surface area contributed by atoms with E-state index < -0.39 is 0 Å². The fourth-order valence-electron chi connectivity index (χ4n) is 2.31. The van der Waals surface area contributed by atoms with Gasteiger partial charge in [-0.25, -0.2) is 0 Å². The molecule has 1 atom stereocenters. The summed E-state index contributed by atoms with van der Waals surface area (Å²) in [5.41, 5.74) is 7.10. The van der Waals surface area contributed by atoms with Gasteiger partial charge < -0.3 is 18.1 Å². The number of benzene rings is 1. The van der Waals surface area contributed by atoms with Crippen LogP contribution in [0, 0.1) is 10.1 Å². The number of carbonyl (C=O) groups is 1. The zero-order valence-electron chi connectivity index (χ0n) is 12.1. The number of carbonyl (C=O) groups excluding carboxylic acids is 1. The Kier molecular flexibility index (Phi) is 6.86. The molecule has 0 aliphatic rings. The molecule has 0 bridgehead atoms. The highest BCUT2D eigenvalue weighted by Crippen LogP contribution is 2.35. The highest BCUT2D eigenvalue weighted by Gasteiger charge is 2.23. The summed E-state index contributed by atoms with van der Waals surface area (Å²) in [5, 5.41) is 11.5. The van der Waals surface area contributed by atoms with E-state index in [1.807, 2.05) is 24.3 Å². The van der Waals surface area contributed by atoms with Crippen molar-refractivity contribution >= 4 is 28.6 Å². The first-order valence-electron chi connectivity index (χ1n) is 6.59. The predicted molar refractivity (Wildman–Crippen MR) is 84.4 cm³/mol. The van der Waals surface area contributed by atoms with Gasteiger partial charge in [-0.2, -0.15) is 0 Å². The first-order valence-corrected chi connectivity index (χ1v) is 7.64. The molecule has 120 valence electrons. The van der Waals surface area contributed by atoms with E-state index in [0.717, 1.165) is 16.5 Å². The van der Waals surface area contributed by atoms with E-state index in [2.05, 4.69) is 0 Å². The largest absolute Gasteiger partial charge is 1.00 e. The van der Waals surface area contributed by atoms with Gasteiger partial charge in [0.1, 0.15) is 0 Å². The molecule has 2 aromatic rings. The Labute approximate surface area is 138 Å². The molecule has 22 heavy (non-hydrogen) atoms. The molecule has 0 amide bonds. The average molecular weight is 343 g/mol. The van der Waals surface area contributed by atoms with Crippen molar-refractivity contribution < 1.29 is 22.1 Å². The van der Waals surface area contributed by atoms with E-state index in [4.69, 9.17) is 5.73 Å². The van der Waals surface area contributed by atoms with Crippen molar-refractivity contribution in [3.8, 4) is 0 Å². The molecule has 1 unspecified atom stereocenters. The van der Waals surface area contributed by atoms with Crippen molar-refractivity contribution in [1.82, 2.24) is 4.57 Å². The van der Waals surface area contributed by atoms with Gasteiger partial charge in [0, 0.05) is 35.7 Å². The van der Waals surface area contributed by atoms with Crippen LogP contribution in [0.5, 0.6) is 0 Å². The molecule has 0 spiro atoms. The van der Waals surface area contributed by atoms with Gasteiger partial charge in [-0.3, -0.25) is 19.5 Å². The van der Waals surface area contributed by atoms with Gasteiger partial charge in [0.05, 0.1) is 10.8 Å². The number of nitrogens with two attached hydrogens (primary N) is 1. The molecule has 1 aromatic heterocycles. The normalized spacial score (nSPS) is 11.9. The van der Waals surface area contributed by atoms with Gasteiger partial charge in [-0.1, -0.05) is 18.2 Å². The summed E-state index contributed by atoms with van der Waals surface area (Å²) in [6.07, 6.45) is 1.71. The van der Waals surface area contributed by atoms with Crippen LogP contribution in [0.25, 0.3) is 10.9 Å². The Hall–Kier alpha value is -1.57. The summed E-state index contributed by atoms with van der Waals surface area (Å²) in [4.78, 5) is 22.3. The first-order chi connectivity index (χ1) is 10.0. The zero-order chi connectivity index (χ0) is 15.4. The lowest BCUT2D eigenvalue weighted by atomic mass is 10.1. The van der Waals surface area contributed by atoms with Crippen molar-refractivity contribution in [3.05, 3.63) is 46.1 Å². The lowest BCUT2D eigenvalue weighted by Crippen LogP contribution is -3.00. The first kappa shape index (κ1) is 18.5. The van der Waals surface area contributed by atoms with Crippen LogP contribution in [0.15, 0.2) is 30.5 Å². The van der Waals surface area contributed by atoms with Gasteiger partial charge in [0.15, 0.2) is 0 Å². The van der Waals surface area contributed by atoms with Crippen LogP contribution in [0.1, 0.15) is 22.5 Å². The topological polar surface area (TPSA) is 91.2 Å². The number of thioether (sulfide) groups is 1. The Balaban J connectivity index is 0.00000242. The number of fused-ring (bicyclic) bond motifs is 1. The van der Waals surface area contributed by atoms with Crippen molar-refractivity contribution in [2.24, 2.45) is 5.73 Å². The summed E-state index contributed by atoms with van der Waals surface area (Å²) in [5.74, 6) is 0.527. The smallest absolute Gasteiger partial charge is 0.227 e. The number of hydrogen-bond acceptors (Lipinski definition) is 5. The molecule has 6 nitrogen and oxygen atoms in total. The Morgan fingerprint density at radius 1 is 1.45 bits per heavy atom. The van der Waals surface area contributed by atoms with E-state index in [-0.39, 0.29) is 35.0 Å². The summed E-state index contributed by atoms with van der Waals surface area (Å²) in [6, 6.07) is 7.45. The number of para-hydroxylation sites is 1. The molecule has 0 fully saturated rings. The maximum atomic E-state index is 11.7. The molecular formula is C14H17ClN3O3S-. The molecule has 8 heteroatoms. The Morgan fingerprint density at radius 3 is 2.73 bits per heavy atom. The molecule has 0 aliphatic carbocycles. The van der Waals surface area contributed by atoms with Crippen LogP contribution in [0.4, 0.5) is 0 Å². The zero-order valence-corrected chi connectivity index (χ0v) is 13.6. The molecule has 1 aromatic carbocycles. The molecule has 0 saturated carbocycles. The molecule has 2 rings (SSSR count). The highest BCUT2D eigenvalue weighted by atomic mass is 35.5. The van der Waals surface area contributed by atoms with Crippen LogP contribution < -0.4 is 18.1 Å². The van der Waals surface area contributed by atoms with Crippen LogP contribution in [0.2, 0.25) is 0 Å². The van der Waals surface area contributed by atoms with E-state index in [0.29, 0.717) is 12.3 Å². The molecule has 2 N–H and O–H groups in total. The molecule has 0 saturated heterocycles. The minimum absolute atomic E-state index is 0. The van der Waals surface area contributed by atoms with E-state index in [1.165, 1.54) is 18.7 Å². The van der Waals surface area contributed by atoms with Crippen LogP contribution in [0.3, 0.4) is 0 Å². The predicted octanol–water partition coefficient (Wildman–Crippen LogP) is -0.685.